The predicted octanol–water partition coefficient (Wildman–Crippen LogP) is 3.40. The number of hydrogen-bond acceptors (Lipinski definition) is 2. The molecule has 1 aliphatic rings. The van der Waals surface area contributed by atoms with Gasteiger partial charge in [-0.2, -0.15) is 0 Å². The van der Waals surface area contributed by atoms with E-state index in [0.717, 1.165) is 28.0 Å². The van der Waals surface area contributed by atoms with Gasteiger partial charge in [-0.15, -0.1) is 0 Å². The minimum absolute atomic E-state index is 0.0641. The van der Waals surface area contributed by atoms with Crippen molar-refractivity contribution in [3.8, 4) is 0 Å². The standard InChI is InChI=1S/C19H18N2O2S/c1-12-7-9-14(10-8-12)18-15(11-16(22)23)17(20-19(24)21-18)13-5-3-2-4-6-13/h2-10,17H,11H2,1H3,(H,22,23)(H2,20,21,24). The number of aryl methyl sites for hydroxylation is 1. The Morgan fingerprint density at radius 2 is 1.79 bits per heavy atom. The van der Waals surface area contributed by atoms with Crippen LogP contribution in [0.25, 0.3) is 5.70 Å². The Morgan fingerprint density at radius 3 is 2.42 bits per heavy atom. The molecule has 0 radical (unpaired) electrons. The van der Waals surface area contributed by atoms with Crippen LogP contribution in [0.15, 0.2) is 60.2 Å². The lowest BCUT2D eigenvalue weighted by Gasteiger charge is -2.32. The zero-order chi connectivity index (χ0) is 17.1. The summed E-state index contributed by atoms with van der Waals surface area (Å²) in [5, 5.41) is 16.2. The van der Waals surface area contributed by atoms with Crippen molar-refractivity contribution in [2.45, 2.75) is 19.4 Å². The van der Waals surface area contributed by atoms with E-state index < -0.39 is 5.97 Å². The lowest BCUT2D eigenvalue weighted by Crippen LogP contribution is -2.43. The molecule has 1 atom stereocenters. The number of hydrogen-bond donors (Lipinski definition) is 3. The van der Waals surface area contributed by atoms with Crippen LogP contribution in [0.1, 0.15) is 29.2 Å². The minimum atomic E-state index is -0.869. The van der Waals surface area contributed by atoms with Crippen LogP contribution in [0, 0.1) is 6.92 Å². The summed E-state index contributed by atoms with van der Waals surface area (Å²) in [5.74, 6) is -0.869. The monoisotopic (exact) mass is 338 g/mol. The molecule has 0 amide bonds. The Morgan fingerprint density at radius 1 is 1.12 bits per heavy atom. The molecule has 1 unspecified atom stereocenters. The number of carbonyl (C=O) groups is 1. The molecule has 0 spiro atoms. The highest BCUT2D eigenvalue weighted by atomic mass is 32.1. The molecule has 3 rings (SSSR count). The van der Waals surface area contributed by atoms with Crippen LogP contribution < -0.4 is 10.6 Å². The van der Waals surface area contributed by atoms with Gasteiger partial charge in [0.15, 0.2) is 5.11 Å². The topological polar surface area (TPSA) is 61.4 Å². The molecule has 0 bridgehead atoms. The summed E-state index contributed by atoms with van der Waals surface area (Å²) < 4.78 is 0. The van der Waals surface area contributed by atoms with Crippen molar-refractivity contribution in [2.75, 3.05) is 0 Å². The normalized spacial score (nSPS) is 17.2. The van der Waals surface area contributed by atoms with E-state index in [2.05, 4.69) is 10.6 Å². The van der Waals surface area contributed by atoms with E-state index in [1.807, 2.05) is 61.5 Å². The van der Waals surface area contributed by atoms with E-state index >= 15 is 0 Å². The van der Waals surface area contributed by atoms with Crippen LogP contribution in [0.3, 0.4) is 0 Å². The van der Waals surface area contributed by atoms with Gasteiger partial charge in [0.25, 0.3) is 0 Å². The molecule has 0 aromatic heterocycles. The van der Waals surface area contributed by atoms with Crippen LogP contribution in [-0.2, 0) is 4.79 Å². The second-order valence-corrected chi connectivity index (χ2v) is 6.19. The van der Waals surface area contributed by atoms with Crippen molar-refractivity contribution < 1.29 is 9.90 Å². The van der Waals surface area contributed by atoms with Crippen molar-refractivity contribution in [3.05, 3.63) is 76.9 Å². The second-order valence-electron chi connectivity index (χ2n) is 5.78. The highest BCUT2D eigenvalue weighted by molar-refractivity contribution is 7.80. The Hall–Kier alpha value is -2.66. The first kappa shape index (κ1) is 16.2. The van der Waals surface area contributed by atoms with Gasteiger partial charge in [-0.3, -0.25) is 4.79 Å². The summed E-state index contributed by atoms with van der Waals surface area (Å²) in [6.07, 6.45) is -0.0641. The summed E-state index contributed by atoms with van der Waals surface area (Å²) in [6, 6.07) is 17.5. The molecule has 1 heterocycles. The Kier molecular flexibility index (Phi) is 4.62. The van der Waals surface area contributed by atoms with Gasteiger partial charge >= 0.3 is 5.97 Å². The number of benzene rings is 2. The first-order chi connectivity index (χ1) is 11.5. The van der Waals surface area contributed by atoms with E-state index in [4.69, 9.17) is 12.2 Å². The van der Waals surface area contributed by atoms with Gasteiger partial charge in [0.2, 0.25) is 0 Å². The third kappa shape index (κ3) is 3.46. The fourth-order valence-corrected chi connectivity index (χ4v) is 3.07. The zero-order valence-corrected chi connectivity index (χ0v) is 14.1. The molecule has 2 aromatic rings. The highest BCUT2D eigenvalue weighted by Crippen LogP contribution is 2.33. The molecule has 1 aliphatic heterocycles. The van der Waals surface area contributed by atoms with Crippen molar-refractivity contribution in [3.63, 3.8) is 0 Å². The smallest absolute Gasteiger partial charge is 0.307 e. The number of thiocarbonyl (C=S) groups is 1. The van der Waals surface area contributed by atoms with Gasteiger partial charge in [-0.1, -0.05) is 60.2 Å². The van der Waals surface area contributed by atoms with Gasteiger partial charge in [-0.05, 0) is 35.8 Å². The van der Waals surface area contributed by atoms with E-state index in [9.17, 15) is 9.90 Å². The SMILES string of the molecule is Cc1ccc(C2=C(CC(=O)O)C(c3ccccc3)NC(=S)N2)cc1. The Labute approximate surface area is 146 Å². The average Bonchev–Trinajstić information content (AvgIpc) is 2.57. The molecule has 24 heavy (non-hydrogen) atoms. The first-order valence-corrected chi connectivity index (χ1v) is 8.10. The molecule has 0 saturated carbocycles. The van der Waals surface area contributed by atoms with Crippen LogP contribution in [0.2, 0.25) is 0 Å². The van der Waals surface area contributed by atoms with Gasteiger partial charge < -0.3 is 15.7 Å². The molecule has 5 heteroatoms. The number of nitrogens with one attached hydrogen (secondary N) is 2. The summed E-state index contributed by atoms with van der Waals surface area (Å²) in [6.45, 7) is 2.02. The summed E-state index contributed by atoms with van der Waals surface area (Å²) in [5.41, 5.74) is 4.61. The molecular formula is C19H18N2O2S. The first-order valence-electron chi connectivity index (χ1n) is 7.69. The Balaban J connectivity index is 2.14. The van der Waals surface area contributed by atoms with Crippen molar-refractivity contribution in [2.24, 2.45) is 0 Å². The molecular weight excluding hydrogens is 320 g/mol. The highest BCUT2D eigenvalue weighted by Gasteiger charge is 2.28. The molecule has 3 N–H and O–H groups in total. The van der Waals surface area contributed by atoms with Crippen LogP contribution in [-0.4, -0.2) is 16.2 Å². The van der Waals surface area contributed by atoms with Crippen molar-refractivity contribution in [1.82, 2.24) is 10.6 Å². The summed E-state index contributed by atoms with van der Waals surface area (Å²) in [7, 11) is 0. The molecule has 2 aromatic carbocycles. The number of rotatable bonds is 4. The predicted molar refractivity (Wildman–Crippen MR) is 98.4 cm³/mol. The minimum Gasteiger partial charge on any atom is -0.481 e. The van der Waals surface area contributed by atoms with Crippen LogP contribution in [0.5, 0.6) is 0 Å². The number of carboxylic acids is 1. The lowest BCUT2D eigenvalue weighted by molar-refractivity contribution is -0.136. The largest absolute Gasteiger partial charge is 0.481 e. The van der Waals surface area contributed by atoms with E-state index in [0.29, 0.717) is 5.11 Å². The van der Waals surface area contributed by atoms with Gasteiger partial charge in [-0.25, -0.2) is 0 Å². The van der Waals surface area contributed by atoms with Crippen LogP contribution in [0.4, 0.5) is 0 Å². The number of aliphatic carboxylic acids is 1. The molecule has 0 saturated heterocycles. The Bertz CT molecular complexity index is 798. The van der Waals surface area contributed by atoms with Crippen molar-refractivity contribution >= 4 is 29.0 Å². The molecule has 4 nitrogen and oxygen atoms in total. The summed E-state index contributed by atoms with van der Waals surface area (Å²) >= 11 is 5.35. The van der Waals surface area contributed by atoms with Crippen LogP contribution >= 0.6 is 12.2 Å². The zero-order valence-electron chi connectivity index (χ0n) is 13.2. The maximum Gasteiger partial charge on any atom is 0.307 e. The fraction of sp³-hybridized carbons (Fsp3) is 0.158. The second kappa shape index (κ2) is 6.84. The maximum absolute atomic E-state index is 11.4. The molecule has 0 fully saturated rings. The van der Waals surface area contributed by atoms with E-state index in [1.54, 1.807) is 0 Å². The van der Waals surface area contributed by atoms with Gasteiger partial charge in [0.1, 0.15) is 0 Å². The maximum atomic E-state index is 11.4. The van der Waals surface area contributed by atoms with Crippen molar-refractivity contribution in [1.29, 1.82) is 0 Å². The van der Waals surface area contributed by atoms with Gasteiger partial charge in [0, 0.05) is 5.70 Å². The average molecular weight is 338 g/mol. The summed E-state index contributed by atoms with van der Waals surface area (Å²) in [4.78, 5) is 11.4. The third-order valence-electron chi connectivity index (χ3n) is 4.00. The fourth-order valence-electron chi connectivity index (χ4n) is 2.85. The third-order valence-corrected chi connectivity index (χ3v) is 4.22. The number of carboxylic acid groups (broad SMARTS) is 1. The van der Waals surface area contributed by atoms with E-state index in [1.165, 1.54) is 0 Å². The quantitative estimate of drug-likeness (QED) is 0.746. The van der Waals surface area contributed by atoms with Gasteiger partial charge in [0.05, 0.1) is 12.5 Å². The molecule has 0 aliphatic carbocycles. The van der Waals surface area contributed by atoms with E-state index in [-0.39, 0.29) is 12.5 Å². The lowest BCUT2D eigenvalue weighted by atomic mass is 9.90. The molecule has 122 valence electrons.